The summed E-state index contributed by atoms with van der Waals surface area (Å²) in [5.41, 5.74) is -1.70. The Morgan fingerprint density at radius 2 is 2.00 bits per heavy atom. The molecular weight excluding hydrogens is 223 g/mol. The first-order valence-corrected chi connectivity index (χ1v) is 4.54. The number of aromatic carboxylic acids is 1. The summed E-state index contributed by atoms with van der Waals surface area (Å²) in [4.78, 5) is 13.9. The van der Waals surface area contributed by atoms with Crippen LogP contribution in [-0.2, 0) is 6.18 Å². The van der Waals surface area contributed by atoms with Crippen molar-refractivity contribution in [3.8, 4) is 0 Å². The van der Waals surface area contributed by atoms with Crippen LogP contribution in [0.25, 0.3) is 0 Å². The Morgan fingerprint density at radius 3 is 2.38 bits per heavy atom. The highest BCUT2D eigenvalue weighted by Gasteiger charge is 2.37. The topological polar surface area (TPSA) is 50.2 Å². The van der Waals surface area contributed by atoms with Crippen LogP contribution in [0.3, 0.4) is 0 Å². The van der Waals surface area contributed by atoms with Crippen molar-refractivity contribution >= 4 is 5.97 Å². The number of hydrogen-bond donors (Lipinski definition) is 1. The fourth-order valence-corrected chi connectivity index (χ4v) is 1.19. The van der Waals surface area contributed by atoms with Gasteiger partial charge in [-0.2, -0.15) is 13.2 Å². The minimum absolute atomic E-state index is 0.0760. The maximum absolute atomic E-state index is 12.4. The number of carboxylic acids is 1. The van der Waals surface area contributed by atoms with Crippen molar-refractivity contribution in [3.63, 3.8) is 0 Å². The summed E-state index contributed by atoms with van der Waals surface area (Å²) in [6.07, 6.45) is -3.69. The molecule has 3 nitrogen and oxygen atoms in total. The largest absolute Gasteiger partial charge is 0.478 e. The summed E-state index contributed by atoms with van der Waals surface area (Å²) < 4.78 is 37.2. The molecule has 0 aliphatic carbocycles. The maximum Gasteiger partial charge on any atom is 0.434 e. The average molecular weight is 233 g/mol. The Kier molecular flexibility index (Phi) is 3.21. The zero-order valence-corrected chi connectivity index (χ0v) is 8.67. The first-order valence-electron chi connectivity index (χ1n) is 4.54. The van der Waals surface area contributed by atoms with Gasteiger partial charge in [-0.3, -0.25) is 4.98 Å². The molecule has 0 spiro atoms. The fraction of sp³-hybridized carbons (Fsp3) is 0.400. The van der Waals surface area contributed by atoms with Gasteiger partial charge in [-0.1, -0.05) is 13.8 Å². The lowest BCUT2D eigenvalue weighted by atomic mass is 10.0. The van der Waals surface area contributed by atoms with Gasteiger partial charge < -0.3 is 5.11 Å². The lowest BCUT2D eigenvalue weighted by molar-refractivity contribution is -0.141. The van der Waals surface area contributed by atoms with Gasteiger partial charge in [0.1, 0.15) is 0 Å². The highest BCUT2D eigenvalue weighted by molar-refractivity contribution is 5.89. The highest BCUT2D eigenvalue weighted by atomic mass is 19.4. The molecule has 0 saturated heterocycles. The maximum atomic E-state index is 12.4. The monoisotopic (exact) mass is 233 g/mol. The lowest BCUT2D eigenvalue weighted by Gasteiger charge is -2.12. The second-order valence-electron chi connectivity index (χ2n) is 3.62. The molecule has 1 heterocycles. The number of aromatic nitrogens is 1. The van der Waals surface area contributed by atoms with E-state index in [2.05, 4.69) is 4.98 Å². The summed E-state index contributed by atoms with van der Waals surface area (Å²) in [5, 5.41) is 8.70. The summed E-state index contributed by atoms with van der Waals surface area (Å²) in [6.45, 7) is 3.49. The Hall–Kier alpha value is -1.59. The van der Waals surface area contributed by atoms with E-state index in [1.54, 1.807) is 13.8 Å². The van der Waals surface area contributed by atoms with E-state index in [4.69, 9.17) is 5.11 Å². The quantitative estimate of drug-likeness (QED) is 0.854. The molecule has 0 atom stereocenters. The first kappa shape index (κ1) is 12.5. The first-order chi connectivity index (χ1) is 7.23. The third-order valence-electron chi connectivity index (χ3n) is 2.07. The van der Waals surface area contributed by atoms with Gasteiger partial charge in [-0.15, -0.1) is 0 Å². The molecule has 6 heteroatoms. The van der Waals surface area contributed by atoms with Crippen molar-refractivity contribution in [2.45, 2.75) is 25.9 Å². The third kappa shape index (κ3) is 2.50. The van der Waals surface area contributed by atoms with Crippen LogP contribution in [0.5, 0.6) is 0 Å². The zero-order chi connectivity index (χ0) is 12.5. The standard InChI is InChI=1S/C10H10F3NO2/c1-5(2)6-3-7(9(15)16)8(14-4-6)10(11,12)13/h3-5H,1-2H3,(H,15,16). The van der Waals surface area contributed by atoms with Crippen LogP contribution >= 0.6 is 0 Å². The summed E-state index contributed by atoms with van der Waals surface area (Å²) in [6, 6.07) is 1.02. The number of nitrogens with zero attached hydrogens (tertiary/aromatic N) is 1. The number of carboxylic acid groups (broad SMARTS) is 1. The van der Waals surface area contributed by atoms with E-state index in [9.17, 15) is 18.0 Å². The molecule has 1 aromatic heterocycles. The fourth-order valence-electron chi connectivity index (χ4n) is 1.19. The smallest absolute Gasteiger partial charge is 0.434 e. The van der Waals surface area contributed by atoms with E-state index in [-0.39, 0.29) is 5.92 Å². The minimum atomic E-state index is -4.75. The van der Waals surface area contributed by atoms with Gasteiger partial charge in [0.2, 0.25) is 0 Å². The van der Waals surface area contributed by atoms with Gasteiger partial charge in [-0.25, -0.2) is 4.79 Å². The van der Waals surface area contributed by atoms with Crippen molar-refractivity contribution in [2.24, 2.45) is 0 Å². The predicted molar refractivity (Wildman–Crippen MR) is 50.3 cm³/mol. The van der Waals surface area contributed by atoms with Gasteiger partial charge in [0.25, 0.3) is 0 Å². The summed E-state index contributed by atoms with van der Waals surface area (Å²) in [7, 11) is 0. The molecule has 16 heavy (non-hydrogen) atoms. The van der Waals surface area contributed by atoms with Gasteiger partial charge in [0.05, 0.1) is 5.56 Å². The molecule has 1 aromatic rings. The minimum Gasteiger partial charge on any atom is -0.478 e. The number of hydrogen-bond acceptors (Lipinski definition) is 2. The normalized spacial score (nSPS) is 11.9. The summed E-state index contributed by atoms with van der Waals surface area (Å²) in [5.74, 6) is -1.70. The molecular formula is C10H10F3NO2. The van der Waals surface area contributed by atoms with Crippen LogP contribution in [0.4, 0.5) is 13.2 Å². The Morgan fingerprint density at radius 1 is 1.44 bits per heavy atom. The van der Waals surface area contributed by atoms with E-state index in [1.807, 2.05) is 0 Å². The SMILES string of the molecule is CC(C)c1cnc(C(F)(F)F)c(C(=O)O)c1. The molecule has 0 fully saturated rings. The third-order valence-corrected chi connectivity index (χ3v) is 2.07. The van der Waals surface area contributed by atoms with E-state index in [0.717, 1.165) is 12.3 Å². The summed E-state index contributed by atoms with van der Waals surface area (Å²) >= 11 is 0. The number of rotatable bonds is 2. The Bertz CT molecular complexity index is 413. The molecule has 88 valence electrons. The van der Waals surface area contributed by atoms with Crippen molar-refractivity contribution in [1.82, 2.24) is 4.98 Å². The van der Waals surface area contributed by atoms with Gasteiger partial charge in [0.15, 0.2) is 5.69 Å². The second kappa shape index (κ2) is 4.11. The van der Waals surface area contributed by atoms with Crippen LogP contribution < -0.4 is 0 Å². The molecule has 0 amide bonds. The lowest BCUT2D eigenvalue weighted by Crippen LogP contribution is -2.16. The molecule has 0 aliphatic rings. The van der Waals surface area contributed by atoms with Crippen LogP contribution in [-0.4, -0.2) is 16.1 Å². The molecule has 0 aliphatic heterocycles. The predicted octanol–water partition coefficient (Wildman–Crippen LogP) is 2.92. The number of halogens is 3. The van der Waals surface area contributed by atoms with Gasteiger partial charge >= 0.3 is 12.1 Å². The van der Waals surface area contributed by atoms with Crippen molar-refractivity contribution in [3.05, 3.63) is 29.1 Å². The molecule has 0 saturated carbocycles. The van der Waals surface area contributed by atoms with E-state index in [1.165, 1.54) is 0 Å². The molecule has 0 bridgehead atoms. The number of carbonyl (C=O) groups is 1. The van der Waals surface area contributed by atoms with Crippen molar-refractivity contribution in [2.75, 3.05) is 0 Å². The number of pyridine rings is 1. The van der Waals surface area contributed by atoms with Crippen LogP contribution in [0.1, 0.15) is 41.4 Å². The number of alkyl halides is 3. The zero-order valence-electron chi connectivity index (χ0n) is 8.67. The van der Waals surface area contributed by atoms with Crippen molar-refractivity contribution < 1.29 is 23.1 Å². The average Bonchev–Trinajstić information content (AvgIpc) is 2.15. The van der Waals surface area contributed by atoms with Gasteiger partial charge in [-0.05, 0) is 17.5 Å². The van der Waals surface area contributed by atoms with Crippen LogP contribution in [0.15, 0.2) is 12.3 Å². The van der Waals surface area contributed by atoms with E-state index in [0.29, 0.717) is 5.56 Å². The van der Waals surface area contributed by atoms with Gasteiger partial charge in [0, 0.05) is 6.20 Å². The molecule has 0 radical (unpaired) electrons. The highest BCUT2D eigenvalue weighted by Crippen LogP contribution is 2.31. The molecule has 0 aromatic carbocycles. The Labute approximate surface area is 89.9 Å². The van der Waals surface area contributed by atoms with E-state index >= 15 is 0 Å². The van der Waals surface area contributed by atoms with Crippen LogP contribution in [0, 0.1) is 0 Å². The molecule has 1 rings (SSSR count). The van der Waals surface area contributed by atoms with Crippen molar-refractivity contribution in [1.29, 1.82) is 0 Å². The molecule has 1 N–H and O–H groups in total. The van der Waals surface area contributed by atoms with Crippen LogP contribution in [0.2, 0.25) is 0 Å². The second-order valence-corrected chi connectivity index (χ2v) is 3.62. The Balaban J connectivity index is 3.37. The molecule has 0 unspecified atom stereocenters. The van der Waals surface area contributed by atoms with E-state index < -0.39 is 23.4 Å².